The van der Waals surface area contributed by atoms with Crippen LogP contribution in [-0.4, -0.2) is 30.6 Å². The topological polar surface area (TPSA) is 72.8 Å². The lowest BCUT2D eigenvalue weighted by atomic mass is 10.1. The van der Waals surface area contributed by atoms with Crippen LogP contribution < -0.4 is 9.47 Å². The van der Waals surface area contributed by atoms with Crippen molar-refractivity contribution in [2.75, 3.05) is 7.11 Å². The SMILES string of the molecule is COc1cc(/C=C/C(=O)c2ccc(C(=O)O)s2)ccc1OC(F)F. The van der Waals surface area contributed by atoms with E-state index in [0.717, 1.165) is 11.3 Å². The van der Waals surface area contributed by atoms with Crippen molar-refractivity contribution in [1.29, 1.82) is 0 Å². The maximum atomic E-state index is 12.3. The number of rotatable bonds is 7. The van der Waals surface area contributed by atoms with Crippen LogP contribution in [0.2, 0.25) is 0 Å². The van der Waals surface area contributed by atoms with E-state index >= 15 is 0 Å². The highest BCUT2D eigenvalue weighted by atomic mass is 32.1. The highest BCUT2D eigenvalue weighted by molar-refractivity contribution is 7.16. The van der Waals surface area contributed by atoms with Crippen LogP contribution in [0, 0.1) is 0 Å². The number of carbonyl (C=O) groups excluding carboxylic acids is 1. The third-order valence-corrected chi connectivity index (χ3v) is 3.98. The van der Waals surface area contributed by atoms with Crippen LogP contribution in [0.25, 0.3) is 6.08 Å². The minimum Gasteiger partial charge on any atom is -0.493 e. The number of hydrogen-bond donors (Lipinski definition) is 1. The van der Waals surface area contributed by atoms with Crippen LogP contribution in [0.15, 0.2) is 36.4 Å². The van der Waals surface area contributed by atoms with Gasteiger partial charge in [-0.15, -0.1) is 11.3 Å². The van der Waals surface area contributed by atoms with E-state index in [1.165, 1.54) is 49.6 Å². The molecule has 0 radical (unpaired) electrons. The van der Waals surface area contributed by atoms with E-state index in [9.17, 15) is 18.4 Å². The van der Waals surface area contributed by atoms with Gasteiger partial charge in [-0.05, 0) is 35.9 Å². The molecule has 1 aromatic carbocycles. The van der Waals surface area contributed by atoms with Crippen LogP contribution in [0.1, 0.15) is 24.9 Å². The number of carboxylic acid groups (broad SMARTS) is 1. The standard InChI is InChI=1S/C16H12F2O5S/c1-22-12-8-9(3-5-11(12)23-16(17)18)2-4-10(19)13-6-7-14(24-13)15(20)21/h2-8,16H,1H3,(H,20,21)/b4-2+. The molecule has 0 spiro atoms. The molecule has 0 aliphatic carbocycles. The summed E-state index contributed by atoms with van der Waals surface area (Å²) in [4.78, 5) is 23.2. The summed E-state index contributed by atoms with van der Waals surface area (Å²) in [5, 5.41) is 8.84. The van der Waals surface area contributed by atoms with E-state index < -0.39 is 12.6 Å². The van der Waals surface area contributed by atoms with Gasteiger partial charge >= 0.3 is 12.6 Å². The minimum absolute atomic E-state index is 0.0712. The van der Waals surface area contributed by atoms with E-state index in [2.05, 4.69) is 4.74 Å². The average Bonchev–Trinajstić information content (AvgIpc) is 3.03. The quantitative estimate of drug-likeness (QED) is 0.602. The zero-order valence-corrected chi connectivity index (χ0v) is 13.2. The first-order chi connectivity index (χ1) is 11.4. The van der Waals surface area contributed by atoms with Crippen molar-refractivity contribution in [3.8, 4) is 11.5 Å². The van der Waals surface area contributed by atoms with E-state index in [4.69, 9.17) is 9.84 Å². The van der Waals surface area contributed by atoms with Crippen LogP contribution in [0.3, 0.4) is 0 Å². The Labute approximate surface area is 139 Å². The van der Waals surface area contributed by atoms with Crippen LogP contribution in [-0.2, 0) is 0 Å². The maximum Gasteiger partial charge on any atom is 0.387 e. The Morgan fingerprint density at radius 3 is 2.46 bits per heavy atom. The zero-order valence-electron chi connectivity index (χ0n) is 12.4. The fourth-order valence-electron chi connectivity index (χ4n) is 1.82. The van der Waals surface area contributed by atoms with Gasteiger partial charge in [0, 0.05) is 0 Å². The smallest absolute Gasteiger partial charge is 0.387 e. The van der Waals surface area contributed by atoms with Crippen molar-refractivity contribution < 1.29 is 33.0 Å². The Balaban J connectivity index is 2.15. The Bertz CT molecular complexity index is 783. The molecular formula is C16H12F2O5S. The molecule has 0 saturated carbocycles. The van der Waals surface area contributed by atoms with E-state index in [1.54, 1.807) is 0 Å². The number of ether oxygens (including phenoxy) is 2. The highest BCUT2D eigenvalue weighted by Gasteiger charge is 2.12. The summed E-state index contributed by atoms with van der Waals surface area (Å²) in [6, 6.07) is 7.02. The molecule has 5 nitrogen and oxygen atoms in total. The average molecular weight is 354 g/mol. The zero-order chi connectivity index (χ0) is 17.7. The maximum absolute atomic E-state index is 12.3. The summed E-state index contributed by atoms with van der Waals surface area (Å²) in [5.41, 5.74) is 0.539. The molecule has 0 fully saturated rings. The molecular weight excluding hydrogens is 342 g/mol. The third-order valence-electron chi connectivity index (χ3n) is 2.89. The van der Waals surface area contributed by atoms with Crippen molar-refractivity contribution >= 4 is 29.2 Å². The van der Waals surface area contributed by atoms with Gasteiger partial charge in [0.15, 0.2) is 17.3 Å². The van der Waals surface area contributed by atoms with Crippen molar-refractivity contribution in [3.63, 3.8) is 0 Å². The second-order valence-corrected chi connectivity index (χ2v) is 5.54. The second-order valence-electron chi connectivity index (χ2n) is 4.46. The number of benzene rings is 1. The fraction of sp³-hybridized carbons (Fsp3) is 0.125. The summed E-state index contributed by atoms with van der Waals surface area (Å²) in [5.74, 6) is -1.46. The molecule has 0 aliphatic heterocycles. The number of hydrogen-bond acceptors (Lipinski definition) is 5. The van der Waals surface area contributed by atoms with Gasteiger partial charge in [-0.2, -0.15) is 8.78 Å². The largest absolute Gasteiger partial charge is 0.493 e. The highest BCUT2D eigenvalue weighted by Crippen LogP contribution is 2.30. The van der Waals surface area contributed by atoms with E-state index in [-0.39, 0.29) is 27.0 Å². The number of carboxylic acids is 1. The van der Waals surface area contributed by atoms with Crippen LogP contribution in [0.4, 0.5) is 8.78 Å². The molecule has 2 rings (SSSR count). The number of halogens is 2. The number of aromatic carboxylic acids is 1. The molecule has 0 unspecified atom stereocenters. The van der Waals surface area contributed by atoms with Crippen molar-refractivity contribution in [1.82, 2.24) is 0 Å². The molecule has 0 bridgehead atoms. The number of allylic oxidation sites excluding steroid dienone is 1. The Kier molecular flexibility index (Phi) is 5.64. The van der Waals surface area contributed by atoms with Gasteiger partial charge < -0.3 is 14.6 Å². The van der Waals surface area contributed by atoms with Crippen LogP contribution >= 0.6 is 11.3 Å². The van der Waals surface area contributed by atoms with Crippen molar-refractivity contribution in [2.45, 2.75) is 6.61 Å². The second kappa shape index (κ2) is 7.69. The first-order valence-corrected chi connectivity index (χ1v) is 7.40. The molecule has 1 aromatic heterocycles. The molecule has 2 aromatic rings. The summed E-state index contributed by atoms with van der Waals surface area (Å²) < 4.78 is 33.8. The van der Waals surface area contributed by atoms with Gasteiger partial charge in [0.25, 0.3) is 0 Å². The number of methoxy groups -OCH3 is 1. The lowest BCUT2D eigenvalue weighted by Crippen LogP contribution is -2.03. The lowest BCUT2D eigenvalue weighted by molar-refractivity contribution is -0.0512. The number of ketones is 1. The molecule has 0 saturated heterocycles. The van der Waals surface area contributed by atoms with Gasteiger partial charge in [0.2, 0.25) is 0 Å². The van der Waals surface area contributed by atoms with Gasteiger partial charge in [0.1, 0.15) is 4.88 Å². The third kappa shape index (κ3) is 4.39. The summed E-state index contributed by atoms with van der Waals surface area (Å²) >= 11 is 0.873. The molecule has 126 valence electrons. The molecule has 8 heteroatoms. The molecule has 0 atom stereocenters. The molecule has 0 aliphatic rings. The van der Waals surface area contributed by atoms with E-state index in [1.807, 2.05) is 0 Å². The number of alkyl halides is 2. The molecule has 0 amide bonds. The Morgan fingerprint density at radius 2 is 1.88 bits per heavy atom. The van der Waals surface area contributed by atoms with Gasteiger partial charge in [0.05, 0.1) is 12.0 Å². The Hall–Kier alpha value is -2.74. The normalized spacial score (nSPS) is 11.0. The number of thiophene rings is 1. The molecule has 24 heavy (non-hydrogen) atoms. The first-order valence-electron chi connectivity index (χ1n) is 6.59. The minimum atomic E-state index is -2.97. The lowest BCUT2D eigenvalue weighted by Gasteiger charge is -2.10. The first kappa shape index (κ1) is 17.6. The predicted octanol–water partition coefficient (Wildman–Crippen LogP) is 3.95. The van der Waals surface area contributed by atoms with Crippen LogP contribution in [0.5, 0.6) is 11.5 Å². The van der Waals surface area contributed by atoms with Gasteiger partial charge in [-0.1, -0.05) is 12.1 Å². The Morgan fingerprint density at radius 1 is 1.17 bits per heavy atom. The fourth-order valence-corrected chi connectivity index (χ4v) is 2.59. The van der Waals surface area contributed by atoms with E-state index in [0.29, 0.717) is 5.56 Å². The predicted molar refractivity (Wildman–Crippen MR) is 84.3 cm³/mol. The number of carbonyl (C=O) groups is 2. The van der Waals surface area contributed by atoms with Crippen molar-refractivity contribution in [2.24, 2.45) is 0 Å². The summed E-state index contributed by atoms with van der Waals surface area (Å²) in [6.45, 7) is -2.97. The monoisotopic (exact) mass is 354 g/mol. The summed E-state index contributed by atoms with van der Waals surface area (Å²) in [7, 11) is 1.31. The molecule has 1 N–H and O–H groups in total. The van der Waals surface area contributed by atoms with Crippen molar-refractivity contribution in [3.05, 3.63) is 51.7 Å². The van der Waals surface area contributed by atoms with Gasteiger partial charge in [-0.25, -0.2) is 4.79 Å². The summed E-state index contributed by atoms with van der Waals surface area (Å²) in [6.07, 6.45) is 2.73. The molecule has 1 heterocycles. The van der Waals surface area contributed by atoms with Gasteiger partial charge in [-0.3, -0.25) is 4.79 Å².